The highest BCUT2D eigenvalue weighted by atomic mass is 16.3. The Morgan fingerprint density at radius 2 is 1.92 bits per heavy atom. The van der Waals surface area contributed by atoms with E-state index < -0.39 is 29.7 Å². The zero-order chi connectivity index (χ0) is 10.0. The molecule has 13 heavy (non-hydrogen) atoms. The smallest absolute Gasteiger partial charge is 0.227 e. The van der Waals surface area contributed by atoms with Crippen LogP contribution >= 0.6 is 0 Å². The number of rotatable bonds is 2. The predicted octanol–water partition coefficient (Wildman–Crippen LogP) is -1.78. The van der Waals surface area contributed by atoms with Crippen molar-refractivity contribution in [1.82, 2.24) is 0 Å². The Kier molecular flexibility index (Phi) is 3.13. The molecule has 0 spiro atoms. The number of Topliss-reactive ketones (excluding diaryl/α,β-unsaturated/α-hetero) is 2. The van der Waals surface area contributed by atoms with Gasteiger partial charge in [-0.1, -0.05) is 0 Å². The summed E-state index contributed by atoms with van der Waals surface area (Å²) in [5.74, 6) is -2.22. The largest absolute Gasteiger partial charge is 0.392 e. The Labute approximate surface area is 75.5 Å². The van der Waals surface area contributed by atoms with Crippen molar-refractivity contribution in [3.8, 4) is 0 Å². The molecule has 0 aromatic carbocycles. The minimum absolute atomic E-state index is 0.0603. The van der Waals surface area contributed by atoms with Crippen LogP contribution in [0.25, 0.3) is 0 Å². The summed E-state index contributed by atoms with van der Waals surface area (Å²) in [6.45, 7) is 0.247. The minimum atomic E-state index is -1.34. The zero-order valence-electron chi connectivity index (χ0n) is 7.14. The minimum Gasteiger partial charge on any atom is -0.392 e. The number of hydrogen-bond donors (Lipinski definition) is 3. The van der Waals surface area contributed by atoms with Crippen LogP contribution in [0.1, 0.15) is 12.8 Å². The van der Waals surface area contributed by atoms with Crippen LogP contribution in [0.2, 0.25) is 0 Å². The monoisotopic (exact) mass is 187 g/mol. The molecule has 74 valence electrons. The second-order valence-electron chi connectivity index (χ2n) is 3.23. The SMILES string of the molecule is NCCC1C(=O)C(=O)C(O)CC1O. The van der Waals surface area contributed by atoms with Gasteiger partial charge in [-0.3, -0.25) is 9.59 Å². The van der Waals surface area contributed by atoms with Crippen molar-refractivity contribution < 1.29 is 19.8 Å². The van der Waals surface area contributed by atoms with Gasteiger partial charge in [0.1, 0.15) is 6.10 Å². The highest BCUT2D eigenvalue weighted by Gasteiger charge is 2.40. The molecule has 0 heterocycles. The predicted molar refractivity (Wildman–Crippen MR) is 43.8 cm³/mol. The van der Waals surface area contributed by atoms with E-state index in [0.717, 1.165) is 0 Å². The molecule has 3 atom stereocenters. The summed E-state index contributed by atoms with van der Waals surface area (Å²) in [5, 5.41) is 18.4. The maximum atomic E-state index is 11.2. The highest BCUT2D eigenvalue weighted by Crippen LogP contribution is 2.21. The summed E-state index contributed by atoms with van der Waals surface area (Å²) in [4.78, 5) is 22.2. The maximum absolute atomic E-state index is 11.2. The number of nitrogens with two attached hydrogens (primary N) is 1. The molecule has 1 rings (SSSR count). The van der Waals surface area contributed by atoms with E-state index in [1.54, 1.807) is 0 Å². The van der Waals surface area contributed by atoms with E-state index >= 15 is 0 Å². The molecule has 0 radical (unpaired) electrons. The fourth-order valence-electron chi connectivity index (χ4n) is 1.52. The van der Waals surface area contributed by atoms with E-state index in [2.05, 4.69) is 0 Å². The molecule has 0 saturated heterocycles. The number of aliphatic hydroxyl groups excluding tert-OH is 2. The number of hydrogen-bond acceptors (Lipinski definition) is 5. The van der Waals surface area contributed by atoms with Crippen molar-refractivity contribution >= 4 is 11.6 Å². The topological polar surface area (TPSA) is 101 Å². The van der Waals surface area contributed by atoms with E-state index in [0.29, 0.717) is 6.42 Å². The molecule has 5 nitrogen and oxygen atoms in total. The fourth-order valence-corrected chi connectivity index (χ4v) is 1.52. The van der Waals surface area contributed by atoms with Gasteiger partial charge in [0, 0.05) is 6.42 Å². The van der Waals surface area contributed by atoms with Crippen molar-refractivity contribution in [2.24, 2.45) is 11.7 Å². The standard InChI is InChI=1S/C8H13NO4/c9-2-1-4-5(10)3-6(11)8(13)7(4)12/h4-6,10-11H,1-3,9H2. The number of ketones is 2. The van der Waals surface area contributed by atoms with E-state index in [-0.39, 0.29) is 13.0 Å². The van der Waals surface area contributed by atoms with E-state index in [1.165, 1.54) is 0 Å². The highest BCUT2D eigenvalue weighted by molar-refractivity contribution is 6.40. The van der Waals surface area contributed by atoms with Crippen LogP contribution in [0.4, 0.5) is 0 Å². The van der Waals surface area contributed by atoms with E-state index in [1.807, 2.05) is 0 Å². The molecule has 4 N–H and O–H groups in total. The molecule has 0 aliphatic heterocycles. The van der Waals surface area contributed by atoms with Crippen LogP contribution in [0, 0.1) is 5.92 Å². The van der Waals surface area contributed by atoms with Gasteiger partial charge in [-0.2, -0.15) is 0 Å². The molecule has 0 bridgehead atoms. The van der Waals surface area contributed by atoms with Gasteiger partial charge in [0.05, 0.1) is 12.0 Å². The Hall–Kier alpha value is -0.780. The molecule has 5 heteroatoms. The maximum Gasteiger partial charge on any atom is 0.227 e. The fraction of sp³-hybridized carbons (Fsp3) is 0.750. The van der Waals surface area contributed by atoms with Gasteiger partial charge in [0.15, 0.2) is 0 Å². The van der Waals surface area contributed by atoms with Crippen LogP contribution in [-0.2, 0) is 9.59 Å². The molecule has 1 saturated carbocycles. The van der Waals surface area contributed by atoms with Crippen LogP contribution in [0.3, 0.4) is 0 Å². The summed E-state index contributed by atoms with van der Waals surface area (Å²) in [7, 11) is 0. The summed E-state index contributed by atoms with van der Waals surface area (Å²) >= 11 is 0. The van der Waals surface area contributed by atoms with Crippen LogP contribution in [0.5, 0.6) is 0 Å². The average Bonchev–Trinajstić information content (AvgIpc) is 2.09. The molecule has 3 unspecified atom stereocenters. The van der Waals surface area contributed by atoms with Crippen molar-refractivity contribution in [3.63, 3.8) is 0 Å². The summed E-state index contributed by atoms with van der Waals surface area (Å²) in [5.41, 5.74) is 5.23. The first kappa shape index (κ1) is 10.3. The van der Waals surface area contributed by atoms with Gasteiger partial charge in [-0.15, -0.1) is 0 Å². The van der Waals surface area contributed by atoms with Gasteiger partial charge < -0.3 is 15.9 Å². The molecule has 0 aromatic heterocycles. The summed E-state index contributed by atoms with van der Waals surface area (Å²) in [6, 6.07) is 0. The average molecular weight is 187 g/mol. The Balaban J connectivity index is 2.73. The van der Waals surface area contributed by atoms with E-state index in [4.69, 9.17) is 10.8 Å². The van der Waals surface area contributed by atoms with Crippen LogP contribution in [-0.4, -0.2) is 40.5 Å². The molecule has 0 aromatic rings. The quantitative estimate of drug-likeness (QED) is 0.443. The van der Waals surface area contributed by atoms with Crippen LogP contribution < -0.4 is 5.73 Å². The lowest BCUT2D eigenvalue weighted by Crippen LogP contribution is -2.47. The Bertz CT molecular complexity index is 228. The number of carbonyl (C=O) groups is 2. The van der Waals surface area contributed by atoms with Crippen molar-refractivity contribution in [2.45, 2.75) is 25.0 Å². The third kappa shape index (κ3) is 1.93. The normalized spacial score (nSPS) is 35.2. The van der Waals surface area contributed by atoms with E-state index in [9.17, 15) is 14.7 Å². The molecule has 1 aliphatic rings. The lowest BCUT2D eigenvalue weighted by Gasteiger charge is -2.27. The first-order valence-corrected chi connectivity index (χ1v) is 4.22. The molecule has 0 amide bonds. The molecule has 1 fully saturated rings. The first-order valence-electron chi connectivity index (χ1n) is 4.22. The molecular formula is C8H13NO4. The number of carbonyl (C=O) groups excluding carboxylic acids is 2. The second kappa shape index (κ2) is 3.95. The van der Waals surface area contributed by atoms with Crippen LogP contribution in [0.15, 0.2) is 0 Å². The van der Waals surface area contributed by atoms with Gasteiger partial charge in [0.2, 0.25) is 11.6 Å². The third-order valence-corrected chi connectivity index (χ3v) is 2.29. The Morgan fingerprint density at radius 3 is 2.46 bits per heavy atom. The Morgan fingerprint density at radius 1 is 1.31 bits per heavy atom. The van der Waals surface area contributed by atoms with Crippen molar-refractivity contribution in [1.29, 1.82) is 0 Å². The second-order valence-corrected chi connectivity index (χ2v) is 3.23. The summed E-state index contributed by atoms with van der Waals surface area (Å²) < 4.78 is 0. The van der Waals surface area contributed by atoms with Gasteiger partial charge in [-0.25, -0.2) is 0 Å². The van der Waals surface area contributed by atoms with Gasteiger partial charge >= 0.3 is 0 Å². The molecular weight excluding hydrogens is 174 g/mol. The number of aliphatic hydroxyl groups is 2. The zero-order valence-corrected chi connectivity index (χ0v) is 7.14. The van der Waals surface area contributed by atoms with Crippen molar-refractivity contribution in [2.75, 3.05) is 6.54 Å². The molecule has 1 aliphatic carbocycles. The van der Waals surface area contributed by atoms with Gasteiger partial charge in [-0.05, 0) is 13.0 Å². The lowest BCUT2D eigenvalue weighted by molar-refractivity contribution is -0.152. The first-order chi connectivity index (χ1) is 6.07. The lowest BCUT2D eigenvalue weighted by atomic mass is 9.81. The van der Waals surface area contributed by atoms with Crippen molar-refractivity contribution in [3.05, 3.63) is 0 Å². The summed E-state index contributed by atoms with van der Waals surface area (Å²) in [6.07, 6.45) is -2.05. The third-order valence-electron chi connectivity index (χ3n) is 2.29. The van der Waals surface area contributed by atoms with Gasteiger partial charge in [0.25, 0.3) is 0 Å².